The fraction of sp³-hybridized carbons (Fsp3) is 0.778. The lowest BCUT2D eigenvalue weighted by atomic mass is 10.6. The molecule has 0 spiro atoms. The van der Waals surface area contributed by atoms with Crippen LogP contribution in [0.15, 0.2) is 0 Å². The molecule has 0 aliphatic heterocycles. The number of ether oxygens (including phenoxy) is 1. The standard InChI is InChI=1S/C9H18N2O5S/c1-2-17(15)6-4-11-9(14)10-3-5-16-7-8(12)13/h2-7H2,1H3,(H,12,13)(H2,10,11,14). The van der Waals surface area contributed by atoms with Crippen LogP contribution in [0.3, 0.4) is 0 Å². The Bertz CT molecular complexity index is 272. The van der Waals surface area contributed by atoms with Crippen LogP contribution in [0.25, 0.3) is 0 Å². The second-order valence-corrected chi connectivity index (χ2v) is 4.93. The maximum absolute atomic E-state index is 11.1. The zero-order chi connectivity index (χ0) is 13.1. The topological polar surface area (TPSA) is 105 Å². The van der Waals surface area contributed by atoms with Gasteiger partial charge in [-0.3, -0.25) is 4.21 Å². The number of carbonyl (C=O) groups excluding carboxylic acids is 1. The first-order chi connectivity index (χ1) is 8.06. The number of rotatable bonds is 9. The Morgan fingerprint density at radius 1 is 1.29 bits per heavy atom. The Kier molecular flexibility index (Phi) is 9.35. The molecule has 0 fully saturated rings. The lowest BCUT2D eigenvalue weighted by Gasteiger charge is -2.07. The van der Waals surface area contributed by atoms with Crippen molar-refractivity contribution in [2.45, 2.75) is 6.92 Å². The summed E-state index contributed by atoms with van der Waals surface area (Å²) in [6.07, 6.45) is 0. The Morgan fingerprint density at radius 2 is 1.94 bits per heavy atom. The van der Waals surface area contributed by atoms with Crippen LogP contribution in [0.5, 0.6) is 0 Å². The van der Waals surface area contributed by atoms with E-state index in [1.165, 1.54) is 0 Å². The zero-order valence-electron chi connectivity index (χ0n) is 9.73. The van der Waals surface area contributed by atoms with Crippen LogP contribution in [0.1, 0.15) is 6.92 Å². The van der Waals surface area contributed by atoms with Crippen molar-refractivity contribution in [2.24, 2.45) is 0 Å². The van der Waals surface area contributed by atoms with Crippen LogP contribution in [0, 0.1) is 0 Å². The van der Waals surface area contributed by atoms with Gasteiger partial charge in [-0.05, 0) is 0 Å². The molecule has 3 N–H and O–H groups in total. The molecule has 0 aliphatic carbocycles. The third-order valence-electron chi connectivity index (χ3n) is 1.69. The highest BCUT2D eigenvalue weighted by Gasteiger charge is 2.01. The third-order valence-corrected chi connectivity index (χ3v) is 3.00. The van der Waals surface area contributed by atoms with Gasteiger partial charge in [-0.25, -0.2) is 9.59 Å². The number of carboxylic acid groups (broad SMARTS) is 1. The first-order valence-corrected chi connectivity index (χ1v) is 6.71. The number of hydrogen-bond donors (Lipinski definition) is 3. The van der Waals surface area contributed by atoms with Crippen molar-refractivity contribution >= 4 is 22.8 Å². The van der Waals surface area contributed by atoms with E-state index < -0.39 is 16.8 Å². The number of nitrogens with one attached hydrogen (secondary N) is 2. The number of hydrogen-bond acceptors (Lipinski definition) is 4. The number of carboxylic acids is 1. The van der Waals surface area contributed by atoms with Gasteiger partial charge in [0.15, 0.2) is 0 Å². The first-order valence-electron chi connectivity index (χ1n) is 5.22. The van der Waals surface area contributed by atoms with E-state index >= 15 is 0 Å². The number of carbonyl (C=O) groups is 2. The summed E-state index contributed by atoms with van der Waals surface area (Å²) < 4.78 is 15.7. The summed E-state index contributed by atoms with van der Waals surface area (Å²) in [5.41, 5.74) is 0. The van der Waals surface area contributed by atoms with E-state index in [1.54, 1.807) is 0 Å². The monoisotopic (exact) mass is 266 g/mol. The van der Waals surface area contributed by atoms with Crippen molar-refractivity contribution in [1.82, 2.24) is 10.6 Å². The van der Waals surface area contributed by atoms with Gasteiger partial charge < -0.3 is 20.5 Å². The number of urea groups is 1. The summed E-state index contributed by atoms with van der Waals surface area (Å²) in [6.45, 7) is 2.16. The fourth-order valence-corrected chi connectivity index (χ4v) is 1.50. The number of aliphatic carboxylic acids is 1. The van der Waals surface area contributed by atoms with Gasteiger partial charge in [0.1, 0.15) is 6.61 Å². The predicted octanol–water partition coefficient (Wildman–Crippen LogP) is -0.845. The number of amides is 2. The summed E-state index contributed by atoms with van der Waals surface area (Å²) >= 11 is 0. The molecule has 7 nitrogen and oxygen atoms in total. The molecule has 0 aromatic heterocycles. The quantitative estimate of drug-likeness (QED) is 0.472. The van der Waals surface area contributed by atoms with Crippen molar-refractivity contribution in [3.05, 3.63) is 0 Å². The Labute approximate surface area is 102 Å². The molecule has 2 amide bonds. The minimum absolute atomic E-state index is 0.139. The molecule has 0 aromatic rings. The zero-order valence-corrected chi connectivity index (χ0v) is 10.5. The Balaban J connectivity index is 3.35. The highest BCUT2D eigenvalue weighted by molar-refractivity contribution is 7.84. The van der Waals surface area contributed by atoms with Gasteiger partial charge in [0.25, 0.3) is 0 Å². The molecule has 1 atom stereocenters. The first kappa shape index (κ1) is 15.9. The molecule has 0 bridgehead atoms. The molecule has 0 rings (SSSR count). The summed E-state index contributed by atoms with van der Waals surface area (Å²) in [5, 5.41) is 13.3. The molecule has 0 saturated heterocycles. The molecule has 0 saturated carbocycles. The van der Waals surface area contributed by atoms with Crippen LogP contribution in [-0.4, -0.2) is 59.1 Å². The van der Waals surface area contributed by atoms with Gasteiger partial charge in [-0.15, -0.1) is 0 Å². The maximum Gasteiger partial charge on any atom is 0.329 e. The largest absolute Gasteiger partial charge is 0.480 e. The molecule has 0 aliphatic rings. The van der Waals surface area contributed by atoms with Crippen molar-refractivity contribution in [3.63, 3.8) is 0 Å². The van der Waals surface area contributed by atoms with Crippen LogP contribution in [-0.2, 0) is 20.3 Å². The molecular weight excluding hydrogens is 248 g/mol. The van der Waals surface area contributed by atoms with Crippen LogP contribution in [0.4, 0.5) is 4.79 Å². The molecule has 100 valence electrons. The molecule has 8 heteroatoms. The normalized spacial score (nSPS) is 11.8. The lowest BCUT2D eigenvalue weighted by molar-refractivity contribution is -0.142. The maximum atomic E-state index is 11.1. The van der Waals surface area contributed by atoms with Gasteiger partial charge in [0.2, 0.25) is 0 Å². The van der Waals surface area contributed by atoms with Crippen LogP contribution in [0.2, 0.25) is 0 Å². The van der Waals surface area contributed by atoms with Gasteiger partial charge >= 0.3 is 12.0 Å². The average molecular weight is 266 g/mol. The predicted molar refractivity (Wildman–Crippen MR) is 63.4 cm³/mol. The van der Waals surface area contributed by atoms with Crippen molar-refractivity contribution in [3.8, 4) is 0 Å². The van der Waals surface area contributed by atoms with Gasteiger partial charge in [-0.1, -0.05) is 6.92 Å². The second kappa shape index (κ2) is 10.0. The molecule has 0 heterocycles. The molecular formula is C9H18N2O5S. The second-order valence-electron chi connectivity index (χ2n) is 3.06. The highest BCUT2D eigenvalue weighted by Crippen LogP contribution is 1.79. The molecule has 0 aromatic carbocycles. The Hall–Kier alpha value is -1.15. The van der Waals surface area contributed by atoms with Crippen molar-refractivity contribution in [1.29, 1.82) is 0 Å². The fourth-order valence-electron chi connectivity index (χ4n) is 0.881. The third kappa shape index (κ3) is 11.1. The van der Waals surface area contributed by atoms with Crippen LogP contribution >= 0.6 is 0 Å². The van der Waals surface area contributed by atoms with Gasteiger partial charge in [-0.2, -0.15) is 0 Å². The summed E-state index contributed by atoms with van der Waals surface area (Å²) in [5.74, 6) is -0.0392. The van der Waals surface area contributed by atoms with Crippen molar-refractivity contribution < 1.29 is 23.6 Å². The molecule has 1 unspecified atom stereocenters. The summed E-state index contributed by atoms with van der Waals surface area (Å²) in [4.78, 5) is 21.2. The SMILES string of the molecule is CCS(=O)CCNC(=O)NCCOCC(=O)O. The molecule has 17 heavy (non-hydrogen) atoms. The average Bonchev–Trinajstić information content (AvgIpc) is 2.27. The lowest BCUT2D eigenvalue weighted by Crippen LogP contribution is -2.39. The summed E-state index contributed by atoms with van der Waals surface area (Å²) in [7, 11) is -0.890. The van der Waals surface area contributed by atoms with Gasteiger partial charge in [0, 0.05) is 35.4 Å². The van der Waals surface area contributed by atoms with E-state index in [1.807, 2.05) is 6.92 Å². The highest BCUT2D eigenvalue weighted by atomic mass is 32.2. The minimum atomic E-state index is -1.04. The Morgan fingerprint density at radius 3 is 2.53 bits per heavy atom. The van der Waals surface area contributed by atoms with E-state index in [9.17, 15) is 13.8 Å². The van der Waals surface area contributed by atoms with Gasteiger partial charge in [0.05, 0.1) is 6.61 Å². The van der Waals surface area contributed by atoms with E-state index in [0.29, 0.717) is 18.1 Å². The smallest absolute Gasteiger partial charge is 0.329 e. The van der Waals surface area contributed by atoms with Crippen molar-refractivity contribution in [2.75, 3.05) is 37.8 Å². The van der Waals surface area contributed by atoms with Crippen LogP contribution < -0.4 is 10.6 Å². The van der Waals surface area contributed by atoms with E-state index in [4.69, 9.17) is 9.84 Å². The molecule has 0 radical (unpaired) electrons. The van der Waals surface area contributed by atoms with E-state index in [2.05, 4.69) is 10.6 Å². The summed E-state index contributed by atoms with van der Waals surface area (Å²) in [6, 6.07) is -0.378. The van der Waals surface area contributed by atoms with E-state index in [0.717, 1.165) is 0 Å². The van der Waals surface area contributed by atoms with E-state index in [-0.39, 0.29) is 25.8 Å². The minimum Gasteiger partial charge on any atom is -0.480 e.